The number of allylic oxidation sites excluding steroid dienone is 2. The molecule has 0 spiro atoms. The number of nitrogens with zero attached hydrogens (tertiary/aromatic N) is 2. The topological polar surface area (TPSA) is 147 Å². The van der Waals surface area contributed by atoms with Crippen LogP contribution in [-0.4, -0.2) is 49.4 Å². The molecule has 3 aromatic rings. The van der Waals surface area contributed by atoms with Crippen LogP contribution >= 0.6 is 23.2 Å². The average Bonchev–Trinajstić information content (AvgIpc) is 3.44. The van der Waals surface area contributed by atoms with E-state index < -0.39 is 110 Å². The monoisotopic (exact) mass is 749 g/mol. The van der Waals surface area contributed by atoms with Crippen molar-refractivity contribution in [2.45, 2.75) is 35.1 Å². The second kappa shape index (κ2) is 11.8. The molecule has 3 N–H and O–H groups in total. The summed E-state index contributed by atoms with van der Waals surface area (Å²) in [7, 11) is 0. The van der Waals surface area contributed by atoms with Gasteiger partial charge in [-0.05, 0) is 30.4 Å². The minimum absolute atomic E-state index is 0.0694. The van der Waals surface area contributed by atoms with Crippen LogP contribution in [0.5, 0.6) is 11.5 Å². The molecule has 4 aliphatic rings. The summed E-state index contributed by atoms with van der Waals surface area (Å²) in [4.78, 5) is 61.6. The van der Waals surface area contributed by atoms with Gasteiger partial charge in [-0.15, -0.1) is 23.2 Å². The Hall–Kier alpha value is -5.02. The lowest BCUT2D eigenvalue weighted by molar-refractivity contribution is -0.136. The number of carbonyl (C=O) groups is 5. The molecule has 2 aliphatic heterocycles. The van der Waals surface area contributed by atoms with E-state index in [1.165, 1.54) is 18.2 Å². The van der Waals surface area contributed by atoms with Crippen molar-refractivity contribution in [3.8, 4) is 11.5 Å². The van der Waals surface area contributed by atoms with Crippen LogP contribution in [-0.2, 0) is 25.8 Å². The minimum Gasteiger partial charge on any atom is -0.508 e. The van der Waals surface area contributed by atoms with Crippen LogP contribution < -0.4 is 15.4 Å². The number of nitrogens with two attached hydrogens (primary N) is 1. The van der Waals surface area contributed by atoms with E-state index in [4.69, 9.17) is 33.7 Å². The number of benzene rings is 3. The van der Waals surface area contributed by atoms with E-state index in [1.807, 2.05) is 0 Å². The van der Waals surface area contributed by atoms with Gasteiger partial charge in [0.25, 0.3) is 11.8 Å². The number of carbonyl (C=O) groups excluding carboxylic acids is 5. The Morgan fingerprint density at radius 1 is 0.882 bits per heavy atom. The summed E-state index contributed by atoms with van der Waals surface area (Å²) < 4.78 is 79.0. The average molecular weight is 750 g/mol. The third-order valence-electron chi connectivity index (χ3n) is 10.0. The molecule has 51 heavy (non-hydrogen) atoms. The smallest absolute Gasteiger partial charge is 0.328 e. The van der Waals surface area contributed by atoms with E-state index in [-0.39, 0.29) is 39.7 Å². The Morgan fingerprint density at radius 3 is 2.12 bits per heavy atom. The molecule has 2 saturated heterocycles. The summed E-state index contributed by atoms with van der Waals surface area (Å²) in [6, 6.07) is 11.3. The number of phenolic OH excluding ortho intramolecular Hbond substituents is 1. The van der Waals surface area contributed by atoms with Crippen LogP contribution in [0.1, 0.15) is 29.9 Å². The second-order valence-electron chi connectivity index (χ2n) is 12.5. The summed E-state index contributed by atoms with van der Waals surface area (Å²) in [5.41, 5.74) is 4.00. The molecule has 7 rings (SSSR count). The summed E-state index contributed by atoms with van der Waals surface area (Å²) in [5.74, 6) is -24.1. The molecular formula is C34H22Cl2F5N3O7. The van der Waals surface area contributed by atoms with Gasteiger partial charge < -0.3 is 15.6 Å². The molecule has 6 atom stereocenters. The van der Waals surface area contributed by atoms with Gasteiger partial charge in [0.1, 0.15) is 23.8 Å². The number of aromatic hydroxyl groups is 1. The Balaban J connectivity index is 1.40. The standard InChI is InChI=1S/C34H22Cl2F5N3O7/c35-33-11-18-15(8-9-17-20(18)29(47)44(28(17)46)32(42)50)21(16-7-6-14(10-19(16)45)51-12-13-4-2-1-3-5-13)34(33,36)31(49)43(30(33)48)27-25(40)23(38)22(37)24(39)26(27)41/h1-8,10,17-18,20-21,45H,9,11-12H2,(H2,42,50). The lowest BCUT2D eigenvalue weighted by Gasteiger charge is -2.50. The van der Waals surface area contributed by atoms with Gasteiger partial charge in [0.15, 0.2) is 33.0 Å². The first-order chi connectivity index (χ1) is 24.1. The van der Waals surface area contributed by atoms with Gasteiger partial charge in [-0.2, -0.15) is 4.90 Å². The van der Waals surface area contributed by atoms with Crippen molar-refractivity contribution in [1.82, 2.24) is 4.90 Å². The third kappa shape index (κ3) is 4.63. The third-order valence-corrected chi connectivity index (χ3v) is 11.4. The highest BCUT2D eigenvalue weighted by Gasteiger charge is 2.77. The molecule has 17 heteroatoms. The fourth-order valence-corrected chi connectivity index (χ4v) is 8.65. The minimum atomic E-state index is -2.85. The first kappa shape index (κ1) is 34.4. The SMILES string of the molecule is NC(=O)N1C(=O)C2CC=C3C(CC4(Cl)C(=O)N(c5c(F)c(F)c(F)c(F)c5F)C(=O)C4(Cl)C3c3ccc(OCc4ccccc4)cc3O)C2C1=O. The summed E-state index contributed by atoms with van der Waals surface area (Å²) in [6.07, 6.45) is 0.402. The first-order valence-corrected chi connectivity index (χ1v) is 16.0. The molecule has 6 amide bonds. The van der Waals surface area contributed by atoms with Crippen molar-refractivity contribution in [2.75, 3.05) is 4.90 Å². The lowest BCUT2D eigenvalue weighted by atomic mass is 9.56. The van der Waals surface area contributed by atoms with Crippen LogP contribution in [0.3, 0.4) is 0 Å². The van der Waals surface area contributed by atoms with E-state index >= 15 is 8.78 Å². The van der Waals surface area contributed by atoms with Crippen molar-refractivity contribution in [3.63, 3.8) is 0 Å². The van der Waals surface area contributed by atoms with E-state index in [1.54, 1.807) is 30.3 Å². The number of urea groups is 1. The highest BCUT2D eigenvalue weighted by molar-refractivity contribution is 6.58. The molecule has 0 aromatic heterocycles. The fraction of sp³-hybridized carbons (Fsp3) is 0.265. The maximum atomic E-state index is 15.2. The predicted molar refractivity (Wildman–Crippen MR) is 167 cm³/mol. The number of amides is 6. The number of ether oxygens (including phenoxy) is 1. The molecule has 6 unspecified atom stereocenters. The largest absolute Gasteiger partial charge is 0.508 e. The van der Waals surface area contributed by atoms with Gasteiger partial charge in [0, 0.05) is 17.5 Å². The van der Waals surface area contributed by atoms with E-state index in [0.717, 1.165) is 11.6 Å². The number of anilines is 1. The van der Waals surface area contributed by atoms with Gasteiger partial charge in [-0.25, -0.2) is 31.6 Å². The summed E-state index contributed by atoms with van der Waals surface area (Å²) >= 11 is 14.1. The molecule has 0 bridgehead atoms. The van der Waals surface area contributed by atoms with Crippen LogP contribution in [0.25, 0.3) is 0 Å². The Morgan fingerprint density at radius 2 is 1.51 bits per heavy atom. The number of primary amides is 1. The molecule has 3 aromatic carbocycles. The number of alkyl halides is 2. The number of likely N-dealkylation sites (tertiary alicyclic amines) is 1. The Labute approximate surface area is 294 Å². The van der Waals surface area contributed by atoms with Crippen molar-refractivity contribution < 1.29 is 55.8 Å². The highest BCUT2D eigenvalue weighted by Crippen LogP contribution is 2.66. The predicted octanol–water partition coefficient (Wildman–Crippen LogP) is 5.31. The van der Waals surface area contributed by atoms with E-state index in [0.29, 0.717) is 0 Å². The first-order valence-electron chi connectivity index (χ1n) is 15.2. The Kier molecular flexibility index (Phi) is 7.95. The lowest BCUT2D eigenvalue weighted by Crippen LogP contribution is -2.60. The van der Waals surface area contributed by atoms with E-state index in [9.17, 15) is 42.3 Å². The maximum absolute atomic E-state index is 15.2. The van der Waals surface area contributed by atoms with Crippen molar-refractivity contribution >= 4 is 58.5 Å². The van der Waals surface area contributed by atoms with Gasteiger partial charge in [0.2, 0.25) is 17.6 Å². The number of hydrogen-bond acceptors (Lipinski definition) is 7. The van der Waals surface area contributed by atoms with Crippen molar-refractivity contribution in [2.24, 2.45) is 23.5 Å². The quantitative estimate of drug-likeness (QED) is 0.0898. The highest BCUT2D eigenvalue weighted by atomic mass is 35.5. The zero-order valence-electron chi connectivity index (χ0n) is 25.6. The molecular weight excluding hydrogens is 728 g/mol. The summed E-state index contributed by atoms with van der Waals surface area (Å²) in [6.45, 7) is 0.0694. The van der Waals surface area contributed by atoms with Crippen molar-refractivity contribution in [3.05, 3.63) is 100 Å². The number of fused-ring (bicyclic) bond motifs is 4. The van der Waals surface area contributed by atoms with Gasteiger partial charge >= 0.3 is 6.03 Å². The molecule has 1 saturated carbocycles. The zero-order chi connectivity index (χ0) is 36.9. The van der Waals surface area contributed by atoms with Crippen LogP contribution in [0.4, 0.5) is 32.4 Å². The molecule has 2 aliphatic carbocycles. The number of phenols is 1. The number of imide groups is 4. The molecule has 10 nitrogen and oxygen atoms in total. The normalized spacial score (nSPS) is 28.4. The number of hydrogen-bond donors (Lipinski definition) is 2. The van der Waals surface area contributed by atoms with Gasteiger partial charge in [-0.1, -0.05) is 48.0 Å². The summed E-state index contributed by atoms with van der Waals surface area (Å²) in [5, 5.41) is 11.4. The number of halogens is 7. The van der Waals surface area contributed by atoms with Crippen LogP contribution in [0.2, 0.25) is 0 Å². The second-order valence-corrected chi connectivity index (χ2v) is 13.8. The van der Waals surface area contributed by atoms with E-state index in [2.05, 4.69) is 0 Å². The Bertz CT molecular complexity index is 2110. The number of rotatable bonds is 5. The molecule has 0 radical (unpaired) electrons. The molecule has 2 heterocycles. The van der Waals surface area contributed by atoms with Gasteiger partial charge in [0.05, 0.1) is 11.8 Å². The zero-order valence-corrected chi connectivity index (χ0v) is 27.2. The molecule has 264 valence electrons. The van der Waals surface area contributed by atoms with Gasteiger partial charge in [-0.3, -0.25) is 19.2 Å². The maximum Gasteiger partial charge on any atom is 0.328 e. The molecule has 3 fully saturated rings. The fourth-order valence-electron chi connectivity index (χ4n) is 7.73. The van der Waals surface area contributed by atoms with Crippen molar-refractivity contribution in [1.29, 1.82) is 0 Å². The van der Waals surface area contributed by atoms with Crippen LogP contribution in [0.15, 0.2) is 60.2 Å². The van der Waals surface area contributed by atoms with Crippen LogP contribution in [0, 0.1) is 46.8 Å².